The van der Waals surface area contributed by atoms with Crippen LogP contribution in [-0.4, -0.2) is 52.1 Å². The van der Waals surface area contributed by atoms with Crippen molar-refractivity contribution in [1.82, 2.24) is 19.4 Å². The van der Waals surface area contributed by atoms with E-state index in [1.54, 1.807) is 25.4 Å². The van der Waals surface area contributed by atoms with Gasteiger partial charge in [0.1, 0.15) is 17.6 Å². The second kappa shape index (κ2) is 7.90. The van der Waals surface area contributed by atoms with Crippen molar-refractivity contribution in [2.45, 2.75) is 25.3 Å². The number of carbonyl (C=O) groups is 1. The summed E-state index contributed by atoms with van der Waals surface area (Å²) in [5, 5.41) is 8.82. The van der Waals surface area contributed by atoms with Gasteiger partial charge in [0.15, 0.2) is 0 Å². The Kier molecular flexibility index (Phi) is 5.41. The zero-order valence-corrected chi connectivity index (χ0v) is 14.3. The molecule has 0 radical (unpaired) electrons. The van der Waals surface area contributed by atoms with Gasteiger partial charge in [-0.05, 0) is 25.0 Å². The summed E-state index contributed by atoms with van der Waals surface area (Å²) in [4.78, 5) is 23.1. The summed E-state index contributed by atoms with van der Waals surface area (Å²) in [6.45, 7) is 2.77. The largest absolute Gasteiger partial charge is 0.383 e. The number of likely N-dealkylation sites (tertiary alicyclic amines) is 1. The van der Waals surface area contributed by atoms with Crippen molar-refractivity contribution < 1.29 is 9.53 Å². The third kappa shape index (κ3) is 3.86. The molecule has 0 spiro atoms. The molecule has 0 unspecified atom stereocenters. The van der Waals surface area contributed by atoms with Crippen molar-refractivity contribution in [3.8, 4) is 6.07 Å². The highest BCUT2D eigenvalue weighted by Gasteiger charge is 2.28. The highest BCUT2D eigenvalue weighted by atomic mass is 16.5. The summed E-state index contributed by atoms with van der Waals surface area (Å²) in [5.41, 5.74) is 0.829. The fourth-order valence-corrected chi connectivity index (χ4v) is 3.20. The average Bonchev–Trinajstić information content (AvgIpc) is 3.14. The Morgan fingerprint density at radius 1 is 1.44 bits per heavy atom. The van der Waals surface area contributed by atoms with Crippen LogP contribution in [0.15, 0.2) is 30.7 Å². The lowest BCUT2D eigenvalue weighted by Gasteiger charge is -2.32. The molecule has 0 saturated carbocycles. The summed E-state index contributed by atoms with van der Waals surface area (Å²) < 4.78 is 7.25. The summed E-state index contributed by atoms with van der Waals surface area (Å²) in [5.74, 6) is 1.18. The van der Waals surface area contributed by atoms with E-state index in [4.69, 9.17) is 10.00 Å². The van der Waals surface area contributed by atoms with Gasteiger partial charge in [-0.15, -0.1) is 0 Å². The molecule has 3 heterocycles. The van der Waals surface area contributed by atoms with Crippen LogP contribution in [0.4, 0.5) is 0 Å². The zero-order valence-electron chi connectivity index (χ0n) is 14.3. The van der Waals surface area contributed by atoms with Crippen LogP contribution in [0.25, 0.3) is 0 Å². The second-order valence-electron chi connectivity index (χ2n) is 6.11. The molecule has 3 rings (SSSR count). The standard InChI is InChI=1S/C18H21N5O2/c1-25-10-9-22-8-6-20-17(22)15-3-2-7-23(13-15)18(24)14-4-5-16(11-19)21-12-14/h4-6,8,12,15H,2-3,7,9-10,13H2,1H3/t15-/m1/s1. The van der Waals surface area contributed by atoms with Gasteiger partial charge < -0.3 is 14.2 Å². The molecule has 7 nitrogen and oxygen atoms in total. The highest BCUT2D eigenvalue weighted by Crippen LogP contribution is 2.26. The Balaban J connectivity index is 1.71. The highest BCUT2D eigenvalue weighted by molar-refractivity contribution is 5.94. The van der Waals surface area contributed by atoms with Crippen LogP contribution in [0.1, 0.15) is 40.6 Å². The van der Waals surface area contributed by atoms with Crippen LogP contribution in [0, 0.1) is 11.3 Å². The number of rotatable bonds is 5. The van der Waals surface area contributed by atoms with Crippen molar-refractivity contribution in [2.75, 3.05) is 26.8 Å². The predicted octanol–water partition coefficient (Wildman–Crippen LogP) is 1.82. The molecule has 1 aliphatic heterocycles. The minimum atomic E-state index is -0.0447. The first-order chi connectivity index (χ1) is 12.2. The molecule has 1 saturated heterocycles. The number of ether oxygens (including phenoxy) is 1. The zero-order chi connectivity index (χ0) is 17.6. The molecule has 130 valence electrons. The Hall–Kier alpha value is -2.72. The molecule has 1 atom stereocenters. The van der Waals surface area contributed by atoms with E-state index >= 15 is 0 Å². The molecule has 1 amide bonds. The van der Waals surface area contributed by atoms with Crippen molar-refractivity contribution >= 4 is 5.91 Å². The van der Waals surface area contributed by atoms with E-state index in [2.05, 4.69) is 14.5 Å². The molecule has 0 N–H and O–H groups in total. The number of nitriles is 1. The van der Waals surface area contributed by atoms with Gasteiger partial charge in [0.2, 0.25) is 0 Å². The molecular formula is C18H21N5O2. The number of piperidine rings is 1. The Morgan fingerprint density at radius 3 is 3.04 bits per heavy atom. The molecule has 2 aromatic rings. The lowest BCUT2D eigenvalue weighted by atomic mass is 9.96. The first kappa shape index (κ1) is 17.1. The predicted molar refractivity (Wildman–Crippen MR) is 90.9 cm³/mol. The van der Waals surface area contributed by atoms with E-state index in [0.29, 0.717) is 24.4 Å². The monoisotopic (exact) mass is 339 g/mol. The van der Waals surface area contributed by atoms with Crippen LogP contribution in [0.2, 0.25) is 0 Å². The lowest BCUT2D eigenvalue weighted by Crippen LogP contribution is -2.39. The van der Waals surface area contributed by atoms with Gasteiger partial charge in [0.25, 0.3) is 5.91 Å². The maximum atomic E-state index is 12.7. The summed E-state index contributed by atoms with van der Waals surface area (Å²) in [6, 6.07) is 5.20. The molecule has 0 aromatic carbocycles. The van der Waals surface area contributed by atoms with E-state index in [1.807, 2.05) is 17.2 Å². The van der Waals surface area contributed by atoms with Crippen molar-refractivity contribution in [1.29, 1.82) is 5.26 Å². The smallest absolute Gasteiger partial charge is 0.255 e. The van der Waals surface area contributed by atoms with Crippen molar-refractivity contribution in [2.24, 2.45) is 0 Å². The normalized spacial score (nSPS) is 17.3. The van der Waals surface area contributed by atoms with E-state index in [-0.39, 0.29) is 11.8 Å². The van der Waals surface area contributed by atoms with Gasteiger partial charge in [0, 0.05) is 51.3 Å². The van der Waals surface area contributed by atoms with Gasteiger partial charge in [-0.25, -0.2) is 9.97 Å². The third-order valence-corrected chi connectivity index (χ3v) is 4.48. The van der Waals surface area contributed by atoms with Crippen LogP contribution in [-0.2, 0) is 11.3 Å². The first-order valence-corrected chi connectivity index (χ1v) is 8.38. The number of amides is 1. The molecule has 1 fully saturated rings. The maximum Gasteiger partial charge on any atom is 0.255 e. The number of carbonyl (C=O) groups excluding carboxylic acids is 1. The molecule has 25 heavy (non-hydrogen) atoms. The third-order valence-electron chi connectivity index (χ3n) is 4.48. The Bertz CT molecular complexity index is 763. The van der Waals surface area contributed by atoms with Gasteiger partial charge in [-0.1, -0.05) is 0 Å². The molecule has 0 aliphatic carbocycles. The lowest BCUT2D eigenvalue weighted by molar-refractivity contribution is 0.0702. The number of nitrogens with zero attached hydrogens (tertiary/aromatic N) is 5. The maximum absolute atomic E-state index is 12.7. The molecule has 7 heteroatoms. The van der Waals surface area contributed by atoms with Gasteiger partial charge in [-0.3, -0.25) is 4.79 Å². The number of hydrogen-bond donors (Lipinski definition) is 0. The summed E-state index contributed by atoms with van der Waals surface area (Å²) in [7, 11) is 1.68. The minimum absolute atomic E-state index is 0.0447. The van der Waals surface area contributed by atoms with Gasteiger partial charge >= 0.3 is 0 Å². The van der Waals surface area contributed by atoms with Crippen LogP contribution < -0.4 is 0 Å². The van der Waals surface area contributed by atoms with Crippen LogP contribution in [0.5, 0.6) is 0 Å². The topological polar surface area (TPSA) is 84.0 Å². The van der Waals surface area contributed by atoms with Crippen molar-refractivity contribution in [3.05, 3.63) is 47.8 Å². The molecule has 1 aliphatic rings. The van der Waals surface area contributed by atoms with Crippen molar-refractivity contribution in [3.63, 3.8) is 0 Å². The Labute approximate surface area is 146 Å². The summed E-state index contributed by atoms with van der Waals surface area (Å²) >= 11 is 0. The minimum Gasteiger partial charge on any atom is -0.383 e. The number of imidazole rings is 1. The number of hydrogen-bond acceptors (Lipinski definition) is 5. The summed E-state index contributed by atoms with van der Waals surface area (Å²) in [6.07, 6.45) is 7.19. The average molecular weight is 339 g/mol. The SMILES string of the molecule is COCCn1ccnc1[C@@H]1CCCN(C(=O)c2ccc(C#N)nc2)C1. The van der Waals surface area contributed by atoms with E-state index < -0.39 is 0 Å². The molecule has 0 bridgehead atoms. The first-order valence-electron chi connectivity index (χ1n) is 8.38. The number of aromatic nitrogens is 3. The van der Waals surface area contributed by atoms with Gasteiger partial charge in [-0.2, -0.15) is 5.26 Å². The van der Waals surface area contributed by atoms with Gasteiger partial charge in [0.05, 0.1) is 12.2 Å². The molecular weight excluding hydrogens is 318 g/mol. The van der Waals surface area contributed by atoms with Crippen LogP contribution >= 0.6 is 0 Å². The fourth-order valence-electron chi connectivity index (χ4n) is 3.20. The molecule has 2 aromatic heterocycles. The van der Waals surface area contributed by atoms with E-state index in [0.717, 1.165) is 31.8 Å². The second-order valence-corrected chi connectivity index (χ2v) is 6.11. The number of pyridine rings is 1. The number of methoxy groups -OCH3 is 1. The van der Waals surface area contributed by atoms with E-state index in [1.165, 1.54) is 6.20 Å². The fraction of sp³-hybridized carbons (Fsp3) is 0.444. The van der Waals surface area contributed by atoms with E-state index in [9.17, 15) is 4.79 Å². The quantitative estimate of drug-likeness (QED) is 0.829. The van der Waals surface area contributed by atoms with Crippen LogP contribution in [0.3, 0.4) is 0 Å². The Morgan fingerprint density at radius 2 is 2.32 bits per heavy atom.